The molecule has 1 amide bonds. The summed E-state index contributed by atoms with van der Waals surface area (Å²) in [5.41, 5.74) is -0.373. The molecule has 1 aliphatic rings. The first-order valence-corrected chi connectivity index (χ1v) is 6.21. The van der Waals surface area contributed by atoms with Crippen LogP contribution < -0.4 is 5.32 Å². The van der Waals surface area contributed by atoms with Crippen molar-refractivity contribution < 1.29 is 13.6 Å². The molecule has 0 aromatic heterocycles. The van der Waals surface area contributed by atoms with Crippen LogP contribution in [0.3, 0.4) is 0 Å². The van der Waals surface area contributed by atoms with Crippen LogP contribution in [0.5, 0.6) is 0 Å². The molecule has 19 heavy (non-hydrogen) atoms. The zero-order chi connectivity index (χ0) is 13.8. The highest BCUT2D eigenvalue weighted by molar-refractivity contribution is 5.92. The normalized spacial score (nSPS) is 17.4. The molecule has 6 heteroatoms. The van der Waals surface area contributed by atoms with Crippen molar-refractivity contribution in [2.24, 2.45) is 0 Å². The predicted octanol–water partition coefficient (Wildman–Crippen LogP) is 1.15. The molecule has 0 radical (unpaired) electrons. The summed E-state index contributed by atoms with van der Waals surface area (Å²) in [4.78, 5) is 15.9. The third kappa shape index (κ3) is 3.71. The Kier molecular flexibility index (Phi) is 4.44. The molecule has 4 nitrogen and oxygen atoms in total. The Morgan fingerprint density at radius 1 is 1.21 bits per heavy atom. The zero-order valence-electron chi connectivity index (χ0n) is 10.8. The largest absolute Gasteiger partial charge is 0.320 e. The highest BCUT2D eigenvalue weighted by atomic mass is 19.1. The molecule has 104 valence electrons. The van der Waals surface area contributed by atoms with E-state index in [0.29, 0.717) is 0 Å². The van der Waals surface area contributed by atoms with E-state index in [1.54, 1.807) is 0 Å². The maximum Gasteiger partial charge on any atom is 0.238 e. The van der Waals surface area contributed by atoms with Gasteiger partial charge in [-0.15, -0.1) is 0 Å². The van der Waals surface area contributed by atoms with Gasteiger partial charge in [0.2, 0.25) is 5.91 Å². The van der Waals surface area contributed by atoms with Crippen molar-refractivity contribution >= 4 is 11.6 Å². The Morgan fingerprint density at radius 2 is 1.79 bits per heavy atom. The fourth-order valence-electron chi connectivity index (χ4n) is 2.01. The zero-order valence-corrected chi connectivity index (χ0v) is 10.8. The van der Waals surface area contributed by atoms with Crippen LogP contribution in [0.15, 0.2) is 18.2 Å². The molecule has 1 fully saturated rings. The van der Waals surface area contributed by atoms with Gasteiger partial charge >= 0.3 is 0 Å². The number of para-hydroxylation sites is 1. The fourth-order valence-corrected chi connectivity index (χ4v) is 2.01. The summed E-state index contributed by atoms with van der Waals surface area (Å²) < 4.78 is 26.7. The number of anilines is 1. The predicted molar refractivity (Wildman–Crippen MR) is 68.9 cm³/mol. The maximum atomic E-state index is 13.4. The summed E-state index contributed by atoms with van der Waals surface area (Å²) in [5, 5.41) is 2.29. The highest BCUT2D eigenvalue weighted by Gasteiger charge is 2.18. The number of carbonyl (C=O) groups excluding carboxylic acids is 1. The van der Waals surface area contributed by atoms with Crippen molar-refractivity contribution in [3.63, 3.8) is 0 Å². The van der Waals surface area contributed by atoms with Gasteiger partial charge in [0, 0.05) is 26.2 Å². The molecule has 1 saturated heterocycles. The smallest absolute Gasteiger partial charge is 0.238 e. The SMILES string of the molecule is CN1CCN(CC(=O)Nc2c(F)cccc2F)CC1. The van der Waals surface area contributed by atoms with Gasteiger partial charge in [-0.05, 0) is 19.2 Å². The summed E-state index contributed by atoms with van der Waals surface area (Å²) in [6.45, 7) is 3.50. The summed E-state index contributed by atoms with van der Waals surface area (Å²) >= 11 is 0. The number of rotatable bonds is 3. The number of carbonyl (C=O) groups is 1. The number of nitrogens with zero attached hydrogens (tertiary/aromatic N) is 2. The second-order valence-electron chi connectivity index (χ2n) is 4.72. The Morgan fingerprint density at radius 3 is 2.37 bits per heavy atom. The molecule has 0 spiro atoms. The Bertz CT molecular complexity index is 439. The lowest BCUT2D eigenvalue weighted by Gasteiger charge is -2.31. The van der Waals surface area contributed by atoms with Gasteiger partial charge < -0.3 is 10.2 Å². The van der Waals surface area contributed by atoms with Crippen LogP contribution in [0.4, 0.5) is 14.5 Å². The van der Waals surface area contributed by atoms with Gasteiger partial charge in [0.05, 0.1) is 6.54 Å². The van der Waals surface area contributed by atoms with E-state index < -0.39 is 17.5 Å². The van der Waals surface area contributed by atoms with E-state index in [9.17, 15) is 13.6 Å². The van der Waals surface area contributed by atoms with E-state index in [2.05, 4.69) is 10.2 Å². The number of halogens is 2. The average molecular weight is 269 g/mol. The minimum atomic E-state index is -0.758. The van der Waals surface area contributed by atoms with E-state index >= 15 is 0 Å². The Labute approximate surface area is 111 Å². The van der Waals surface area contributed by atoms with Crippen LogP contribution in [0.2, 0.25) is 0 Å². The van der Waals surface area contributed by atoms with Gasteiger partial charge in [0.25, 0.3) is 0 Å². The van der Waals surface area contributed by atoms with Crippen LogP contribution >= 0.6 is 0 Å². The van der Waals surface area contributed by atoms with Crippen LogP contribution in [0.25, 0.3) is 0 Å². The quantitative estimate of drug-likeness (QED) is 0.894. The van der Waals surface area contributed by atoms with Crippen molar-refractivity contribution in [2.75, 3.05) is 45.1 Å². The summed E-state index contributed by atoms with van der Waals surface area (Å²) in [5.74, 6) is -1.91. The fraction of sp³-hybridized carbons (Fsp3) is 0.462. The number of hydrogen-bond donors (Lipinski definition) is 1. The number of benzene rings is 1. The lowest BCUT2D eigenvalue weighted by Crippen LogP contribution is -2.47. The molecule has 1 aromatic rings. The average Bonchev–Trinajstić information content (AvgIpc) is 2.37. The van der Waals surface area contributed by atoms with Crippen molar-refractivity contribution in [1.82, 2.24) is 9.80 Å². The van der Waals surface area contributed by atoms with Gasteiger partial charge in [0.1, 0.15) is 17.3 Å². The maximum absolute atomic E-state index is 13.4. The molecule has 1 heterocycles. The molecule has 0 unspecified atom stereocenters. The summed E-state index contributed by atoms with van der Waals surface area (Å²) in [7, 11) is 2.02. The van der Waals surface area contributed by atoms with Crippen LogP contribution in [-0.4, -0.2) is 55.5 Å². The van der Waals surface area contributed by atoms with Crippen molar-refractivity contribution in [3.8, 4) is 0 Å². The molecule has 1 aliphatic heterocycles. The van der Waals surface area contributed by atoms with E-state index in [0.717, 1.165) is 38.3 Å². The van der Waals surface area contributed by atoms with Gasteiger partial charge in [0.15, 0.2) is 0 Å². The van der Waals surface area contributed by atoms with Crippen LogP contribution in [-0.2, 0) is 4.79 Å². The molecule has 0 saturated carbocycles. The van der Waals surface area contributed by atoms with Gasteiger partial charge in [-0.25, -0.2) is 8.78 Å². The minimum Gasteiger partial charge on any atom is -0.320 e. The highest BCUT2D eigenvalue weighted by Crippen LogP contribution is 2.17. The number of amides is 1. The molecule has 1 N–H and O–H groups in total. The first kappa shape index (κ1) is 13.9. The lowest BCUT2D eigenvalue weighted by molar-refractivity contribution is -0.117. The number of likely N-dealkylation sites (N-methyl/N-ethyl adjacent to an activating group) is 1. The van der Waals surface area contributed by atoms with E-state index in [1.807, 2.05) is 11.9 Å². The molecule has 1 aromatic carbocycles. The minimum absolute atomic E-state index is 0.154. The van der Waals surface area contributed by atoms with Gasteiger partial charge in [-0.3, -0.25) is 9.69 Å². The first-order chi connectivity index (χ1) is 9.06. The topological polar surface area (TPSA) is 35.6 Å². The van der Waals surface area contributed by atoms with Crippen molar-refractivity contribution in [2.45, 2.75) is 0 Å². The van der Waals surface area contributed by atoms with E-state index in [1.165, 1.54) is 6.07 Å². The third-order valence-corrected chi connectivity index (χ3v) is 3.19. The lowest BCUT2D eigenvalue weighted by atomic mass is 10.2. The third-order valence-electron chi connectivity index (χ3n) is 3.19. The Balaban J connectivity index is 1.91. The summed E-state index contributed by atoms with van der Waals surface area (Å²) in [6.07, 6.45) is 0. The van der Waals surface area contributed by atoms with Gasteiger partial charge in [-0.2, -0.15) is 0 Å². The number of hydrogen-bond acceptors (Lipinski definition) is 3. The molecule has 2 rings (SSSR count). The molecule has 0 aliphatic carbocycles. The van der Waals surface area contributed by atoms with Crippen molar-refractivity contribution in [3.05, 3.63) is 29.8 Å². The second kappa shape index (κ2) is 6.08. The molecule has 0 atom stereocenters. The number of nitrogens with one attached hydrogen (secondary N) is 1. The van der Waals surface area contributed by atoms with E-state index in [-0.39, 0.29) is 12.2 Å². The van der Waals surface area contributed by atoms with E-state index in [4.69, 9.17) is 0 Å². The number of piperazine rings is 1. The molecule has 0 bridgehead atoms. The summed E-state index contributed by atoms with van der Waals surface area (Å²) in [6, 6.07) is 3.50. The second-order valence-corrected chi connectivity index (χ2v) is 4.72. The molecular weight excluding hydrogens is 252 g/mol. The van der Waals surface area contributed by atoms with Crippen LogP contribution in [0.1, 0.15) is 0 Å². The van der Waals surface area contributed by atoms with Gasteiger partial charge in [-0.1, -0.05) is 6.07 Å². The van der Waals surface area contributed by atoms with Crippen LogP contribution in [0, 0.1) is 11.6 Å². The van der Waals surface area contributed by atoms with Crippen molar-refractivity contribution in [1.29, 1.82) is 0 Å². The standard InChI is InChI=1S/C13H17F2N3O/c1-17-5-7-18(8-6-17)9-12(19)16-13-10(14)3-2-4-11(13)15/h2-4H,5-9H2,1H3,(H,16,19). The monoisotopic (exact) mass is 269 g/mol. The Hall–Kier alpha value is -1.53. The first-order valence-electron chi connectivity index (χ1n) is 6.21. The molecular formula is C13H17F2N3O.